The third-order valence-corrected chi connectivity index (χ3v) is 3.72. The highest BCUT2D eigenvalue weighted by Crippen LogP contribution is 2.17. The van der Waals surface area contributed by atoms with Gasteiger partial charge in [-0.2, -0.15) is 0 Å². The Balaban J connectivity index is 2.32. The number of pyridine rings is 1. The van der Waals surface area contributed by atoms with E-state index in [9.17, 15) is 8.78 Å². The van der Waals surface area contributed by atoms with E-state index >= 15 is 0 Å². The van der Waals surface area contributed by atoms with Gasteiger partial charge in [0, 0.05) is 43.3 Å². The number of nitrogens with zero attached hydrogens (tertiary/aromatic N) is 2. The van der Waals surface area contributed by atoms with Crippen LogP contribution in [0.2, 0.25) is 0 Å². The summed E-state index contributed by atoms with van der Waals surface area (Å²) < 4.78 is 31.5. The number of aliphatic imine (C=N–C) groups is 1. The molecule has 1 aromatic carbocycles. The highest BCUT2D eigenvalue weighted by Gasteiger charge is 2.06. The number of amidine groups is 1. The number of unbranched alkanes of at least 4 members (excludes halogenated alkanes) is 1. The lowest BCUT2D eigenvalue weighted by atomic mass is 10.1. The predicted molar refractivity (Wildman–Crippen MR) is 103 cm³/mol. The van der Waals surface area contributed by atoms with E-state index in [0.717, 1.165) is 48.5 Å². The van der Waals surface area contributed by atoms with Gasteiger partial charge < -0.3 is 15.8 Å². The second-order valence-electron chi connectivity index (χ2n) is 5.94. The van der Waals surface area contributed by atoms with Crippen molar-refractivity contribution in [3.63, 3.8) is 0 Å². The summed E-state index contributed by atoms with van der Waals surface area (Å²) >= 11 is 0. The minimum atomic E-state index is -0.965. The Morgan fingerprint density at radius 2 is 2.07 bits per heavy atom. The molecule has 0 radical (unpaired) electrons. The maximum atomic E-state index is 13.3. The quantitative estimate of drug-likeness (QED) is 0.396. The van der Waals surface area contributed by atoms with Gasteiger partial charge in [-0.25, -0.2) is 13.8 Å². The highest BCUT2D eigenvalue weighted by molar-refractivity contribution is 5.99. The number of hydrogen-bond donors (Lipinski definition) is 2. The van der Waals surface area contributed by atoms with Crippen LogP contribution in [0, 0.1) is 11.6 Å². The van der Waals surface area contributed by atoms with Gasteiger partial charge >= 0.3 is 0 Å². The minimum absolute atomic E-state index is 0.171. The van der Waals surface area contributed by atoms with Crippen LogP contribution in [0.4, 0.5) is 14.5 Å². The van der Waals surface area contributed by atoms with Crippen LogP contribution in [0.5, 0.6) is 0 Å². The molecule has 2 rings (SSSR count). The van der Waals surface area contributed by atoms with Gasteiger partial charge in [0.1, 0.15) is 5.84 Å². The Morgan fingerprint density at radius 3 is 2.78 bits per heavy atom. The van der Waals surface area contributed by atoms with Crippen molar-refractivity contribution < 1.29 is 13.5 Å². The van der Waals surface area contributed by atoms with E-state index in [1.54, 1.807) is 19.4 Å². The van der Waals surface area contributed by atoms with Crippen LogP contribution in [-0.2, 0) is 11.3 Å². The minimum Gasteiger partial charge on any atom is -0.384 e. The molecule has 1 aromatic heterocycles. The molecule has 0 saturated heterocycles. The van der Waals surface area contributed by atoms with Crippen molar-refractivity contribution >= 4 is 17.2 Å². The molecule has 0 spiro atoms. The first kappa shape index (κ1) is 20.5. The third-order valence-electron chi connectivity index (χ3n) is 3.72. The molecule has 0 aliphatic rings. The van der Waals surface area contributed by atoms with Crippen LogP contribution >= 0.6 is 0 Å². The average molecular weight is 374 g/mol. The molecule has 0 aliphatic carbocycles. The van der Waals surface area contributed by atoms with Crippen LogP contribution in [0.25, 0.3) is 5.70 Å². The molecule has 0 saturated carbocycles. The molecule has 0 bridgehead atoms. The van der Waals surface area contributed by atoms with Crippen LogP contribution in [0.1, 0.15) is 31.0 Å². The van der Waals surface area contributed by atoms with Gasteiger partial charge in [-0.1, -0.05) is 13.3 Å². The van der Waals surface area contributed by atoms with Crippen LogP contribution < -0.4 is 11.1 Å². The van der Waals surface area contributed by atoms with Gasteiger partial charge in [-0.15, -0.1) is 0 Å². The van der Waals surface area contributed by atoms with Crippen LogP contribution in [0.15, 0.2) is 47.6 Å². The van der Waals surface area contributed by atoms with Crippen molar-refractivity contribution in [1.29, 1.82) is 0 Å². The Bertz CT molecular complexity index is 821. The summed E-state index contributed by atoms with van der Waals surface area (Å²) in [6, 6.07) is 7.15. The van der Waals surface area contributed by atoms with Gasteiger partial charge in [0.2, 0.25) is 0 Å². The first-order chi connectivity index (χ1) is 13.0. The van der Waals surface area contributed by atoms with E-state index in [-0.39, 0.29) is 11.5 Å². The number of nitrogens with one attached hydrogen (secondary N) is 1. The fourth-order valence-electron chi connectivity index (χ4n) is 2.39. The third kappa shape index (κ3) is 6.45. The fourth-order valence-corrected chi connectivity index (χ4v) is 2.39. The zero-order valence-electron chi connectivity index (χ0n) is 15.5. The van der Waals surface area contributed by atoms with Gasteiger partial charge in [-0.05, 0) is 30.7 Å². The van der Waals surface area contributed by atoms with Crippen LogP contribution in [-0.4, -0.2) is 24.5 Å². The molecule has 3 N–H and O–H groups in total. The van der Waals surface area contributed by atoms with E-state index in [1.807, 2.05) is 12.1 Å². The molecule has 0 atom stereocenters. The number of ether oxygens (including phenoxy) is 1. The summed E-state index contributed by atoms with van der Waals surface area (Å²) in [5, 5.41) is 3.34. The zero-order valence-corrected chi connectivity index (χ0v) is 15.5. The summed E-state index contributed by atoms with van der Waals surface area (Å²) in [5.41, 5.74) is 8.69. The normalized spacial score (nSPS) is 12.3. The molecule has 0 amide bonds. The molecule has 0 fully saturated rings. The number of nitrogens with two attached hydrogens (primary N) is 1. The second kappa shape index (κ2) is 10.4. The molecular formula is C20H24F2N4O. The number of methoxy groups -OCH3 is 1. The molecule has 1 heterocycles. The van der Waals surface area contributed by atoms with Gasteiger partial charge in [0.15, 0.2) is 11.6 Å². The molecule has 144 valence electrons. The molecule has 0 aliphatic heterocycles. The topological polar surface area (TPSA) is 72.5 Å². The lowest BCUT2D eigenvalue weighted by Crippen LogP contribution is -2.18. The van der Waals surface area contributed by atoms with E-state index < -0.39 is 11.6 Å². The summed E-state index contributed by atoms with van der Waals surface area (Å²) in [4.78, 5) is 8.40. The summed E-state index contributed by atoms with van der Waals surface area (Å²) in [6.45, 7) is 3.27. The number of hydrogen-bond acceptors (Lipinski definition) is 4. The smallest absolute Gasteiger partial charge is 0.160 e. The van der Waals surface area contributed by atoms with Crippen molar-refractivity contribution in [2.45, 2.75) is 26.4 Å². The van der Waals surface area contributed by atoms with E-state index in [4.69, 9.17) is 10.5 Å². The zero-order chi connectivity index (χ0) is 19.6. The standard InChI is InChI=1S/C20H24F2N4O/c1-3-4-8-25-19(14-7-9-24-16(10-14)13-27-2)12-20(23)26-15-5-6-17(21)18(22)11-15/h5-7,9-12,25H,3-4,8,13H2,1-2H3,(H2,23,26)/b19-12-. The Labute approximate surface area is 158 Å². The number of rotatable bonds is 9. The second-order valence-corrected chi connectivity index (χ2v) is 5.94. The molecule has 5 nitrogen and oxygen atoms in total. The maximum absolute atomic E-state index is 13.3. The number of aromatic nitrogens is 1. The molecule has 2 aromatic rings. The first-order valence-corrected chi connectivity index (χ1v) is 8.72. The van der Waals surface area contributed by atoms with Crippen molar-refractivity contribution in [2.24, 2.45) is 10.7 Å². The lowest BCUT2D eigenvalue weighted by Gasteiger charge is -2.12. The number of benzene rings is 1. The summed E-state index contributed by atoms with van der Waals surface area (Å²) in [5.74, 6) is -1.72. The molecule has 7 heteroatoms. The van der Waals surface area contributed by atoms with E-state index in [1.165, 1.54) is 6.07 Å². The van der Waals surface area contributed by atoms with Gasteiger partial charge in [0.25, 0.3) is 0 Å². The summed E-state index contributed by atoms with van der Waals surface area (Å²) in [7, 11) is 1.61. The SMILES string of the molecule is CCCCN/C(=C\C(N)=Nc1ccc(F)c(F)c1)c1ccnc(COC)c1. The average Bonchev–Trinajstić information content (AvgIpc) is 2.64. The lowest BCUT2D eigenvalue weighted by molar-refractivity contribution is 0.181. The molecule has 0 unspecified atom stereocenters. The Hall–Kier alpha value is -2.80. The van der Waals surface area contributed by atoms with Crippen molar-refractivity contribution in [1.82, 2.24) is 10.3 Å². The number of halogens is 2. The Morgan fingerprint density at radius 1 is 1.26 bits per heavy atom. The molecular weight excluding hydrogens is 350 g/mol. The largest absolute Gasteiger partial charge is 0.384 e. The Kier molecular flexibility index (Phi) is 7.88. The summed E-state index contributed by atoms with van der Waals surface area (Å²) in [6.07, 6.45) is 5.40. The monoisotopic (exact) mass is 374 g/mol. The van der Waals surface area contributed by atoms with Crippen molar-refractivity contribution in [2.75, 3.05) is 13.7 Å². The van der Waals surface area contributed by atoms with Crippen LogP contribution in [0.3, 0.4) is 0 Å². The van der Waals surface area contributed by atoms with Crippen molar-refractivity contribution in [3.8, 4) is 0 Å². The molecule has 27 heavy (non-hydrogen) atoms. The highest BCUT2D eigenvalue weighted by atomic mass is 19.2. The first-order valence-electron chi connectivity index (χ1n) is 8.72. The fraction of sp³-hybridized carbons (Fsp3) is 0.300. The van der Waals surface area contributed by atoms with Gasteiger partial charge in [0.05, 0.1) is 18.0 Å². The van der Waals surface area contributed by atoms with E-state index in [0.29, 0.717) is 6.61 Å². The van der Waals surface area contributed by atoms with E-state index in [2.05, 4.69) is 22.2 Å². The predicted octanol–water partition coefficient (Wildman–Crippen LogP) is 3.93. The maximum Gasteiger partial charge on any atom is 0.160 e. The van der Waals surface area contributed by atoms with Gasteiger partial charge in [-0.3, -0.25) is 4.98 Å². The van der Waals surface area contributed by atoms with Crippen molar-refractivity contribution in [3.05, 3.63) is 65.5 Å².